The van der Waals surface area contributed by atoms with Crippen molar-refractivity contribution in [1.82, 2.24) is 35.2 Å². The van der Waals surface area contributed by atoms with Gasteiger partial charge in [0.15, 0.2) is 5.65 Å². The summed E-state index contributed by atoms with van der Waals surface area (Å²) in [6.07, 6.45) is 7.87. The van der Waals surface area contributed by atoms with Gasteiger partial charge in [0.25, 0.3) is 5.91 Å². The van der Waals surface area contributed by atoms with E-state index < -0.39 is 18.0 Å². The number of hydrogen-bond donors (Lipinski definition) is 2. The lowest BCUT2D eigenvalue weighted by atomic mass is 10.0. The number of fused-ring (bicyclic) bond motifs is 1. The van der Waals surface area contributed by atoms with Crippen LogP contribution in [-0.2, 0) is 4.79 Å². The van der Waals surface area contributed by atoms with Crippen LogP contribution >= 0.6 is 11.6 Å². The summed E-state index contributed by atoms with van der Waals surface area (Å²) >= 11 is 6.28. The van der Waals surface area contributed by atoms with E-state index in [1.165, 1.54) is 10.7 Å². The van der Waals surface area contributed by atoms with E-state index in [1.807, 2.05) is 0 Å². The van der Waals surface area contributed by atoms with Gasteiger partial charge in [-0.15, -0.1) is 0 Å². The van der Waals surface area contributed by atoms with Gasteiger partial charge in [-0.3, -0.25) is 9.59 Å². The molecule has 5 rings (SSSR count). The summed E-state index contributed by atoms with van der Waals surface area (Å²) in [7, 11) is 1.55. The van der Waals surface area contributed by atoms with E-state index in [0.29, 0.717) is 46.2 Å². The van der Waals surface area contributed by atoms with Gasteiger partial charge in [0.2, 0.25) is 5.91 Å². The number of likely N-dealkylation sites (tertiary alicyclic amines) is 1. The van der Waals surface area contributed by atoms with E-state index in [0.717, 1.165) is 6.42 Å². The van der Waals surface area contributed by atoms with Gasteiger partial charge in [0, 0.05) is 35.7 Å². The number of carbonyl (C=O) groups excluding carboxylic acids is 2. The SMILES string of the molecule is COc1ccc(Cl)cc1C1NN(CC(=O)N2CCCC2C#N)C=C1NC(=O)c1cnn2cccnc12. The Morgan fingerprint density at radius 3 is 3.06 bits per heavy atom. The standard InChI is InChI=1S/C24H23ClN8O3/c1-36-20-6-5-15(25)10-17(20)22-19(29-24(35)18-12-28-33-9-3-7-27-23(18)33)13-31(30-22)14-21(34)32-8-2-4-16(32)11-26/h3,5-7,9-10,12-13,16,22,30H,2,4,8,14H2,1H3,(H,29,35). The average molecular weight is 507 g/mol. The van der Waals surface area contributed by atoms with E-state index in [9.17, 15) is 14.9 Å². The first kappa shape index (κ1) is 23.6. The van der Waals surface area contributed by atoms with E-state index in [1.54, 1.807) is 59.9 Å². The van der Waals surface area contributed by atoms with Crippen molar-refractivity contribution in [3.05, 3.63) is 70.9 Å². The third-order valence-electron chi connectivity index (χ3n) is 6.21. The Labute approximate surface area is 211 Å². The lowest BCUT2D eigenvalue weighted by Gasteiger charge is -2.25. The molecule has 2 N–H and O–H groups in total. The molecule has 0 aliphatic carbocycles. The number of rotatable bonds is 6. The van der Waals surface area contributed by atoms with Crippen LogP contribution in [-0.4, -0.2) is 62.6 Å². The van der Waals surface area contributed by atoms with Crippen LogP contribution in [0.5, 0.6) is 5.75 Å². The van der Waals surface area contributed by atoms with Crippen molar-refractivity contribution in [2.45, 2.75) is 24.9 Å². The number of ether oxygens (including phenoxy) is 1. The summed E-state index contributed by atoms with van der Waals surface area (Å²) in [6, 6.07) is 8.12. The van der Waals surface area contributed by atoms with Crippen LogP contribution in [0.1, 0.15) is 34.8 Å². The maximum Gasteiger partial charge on any atom is 0.261 e. The fourth-order valence-electron chi connectivity index (χ4n) is 4.50. The fourth-order valence-corrected chi connectivity index (χ4v) is 4.68. The van der Waals surface area contributed by atoms with Crippen LogP contribution in [0.15, 0.2) is 54.8 Å². The highest BCUT2D eigenvalue weighted by atomic mass is 35.5. The number of halogens is 1. The summed E-state index contributed by atoms with van der Waals surface area (Å²) in [5.74, 6) is -0.0222. The minimum absolute atomic E-state index is 0.0186. The van der Waals surface area contributed by atoms with Crippen molar-refractivity contribution in [3.63, 3.8) is 0 Å². The van der Waals surface area contributed by atoms with Crippen LogP contribution in [0.3, 0.4) is 0 Å². The quantitative estimate of drug-likeness (QED) is 0.520. The van der Waals surface area contributed by atoms with Crippen LogP contribution in [0.2, 0.25) is 5.02 Å². The van der Waals surface area contributed by atoms with Crippen molar-refractivity contribution >= 4 is 29.1 Å². The van der Waals surface area contributed by atoms with Crippen LogP contribution in [0.4, 0.5) is 0 Å². The van der Waals surface area contributed by atoms with Crippen LogP contribution in [0, 0.1) is 11.3 Å². The summed E-state index contributed by atoms with van der Waals surface area (Å²) in [4.78, 5) is 32.0. The third kappa shape index (κ3) is 4.44. The number of nitrogens with zero attached hydrogens (tertiary/aromatic N) is 6. The van der Waals surface area contributed by atoms with Gasteiger partial charge in [-0.1, -0.05) is 11.6 Å². The van der Waals surface area contributed by atoms with E-state index >= 15 is 0 Å². The van der Waals surface area contributed by atoms with Crippen LogP contribution in [0.25, 0.3) is 5.65 Å². The molecule has 36 heavy (non-hydrogen) atoms. The lowest BCUT2D eigenvalue weighted by molar-refractivity contribution is -0.132. The molecule has 4 heterocycles. The molecule has 3 aromatic rings. The van der Waals surface area contributed by atoms with E-state index in [-0.39, 0.29) is 12.5 Å². The summed E-state index contributed by atoms with van der Waals surface area (Å²) in [5, 5.41) is 18.6. The van der Waals surface area contributed by atoms with Crippen LogP contribution < -0.4 is 15.5 Å². The normalized spacial score (nSPS) is 19.3. The number of carbonyl (C=O) groups is 2. The summed E-state index contributed by atoms with van der Waals surface area (Å²) in [5.41, 5.74) is 5.14. The zero-order chi connectivity index (χ0) is 25.2. The molecular formula is C24H23ClN8O3. The highest BCUT2D eigenvalue weighted by Gasteiger charge is 2.34. The predicted octanol–water partition coefficient (Wildman–Crippen LogP) is 2.04. The summed E-state index contributed by atoms with van der Waals surface area (Å²) in [6.45, 7) is 0.528. The number of nitrogens with one attached hydrogen (secondary N) is 2. The second kappa shape index (κ2) is 9.85. The molecule has 0 saturated carbocycles. The highest BCUT2D eigenvalue weighted by Crippen LogP contribution is 2.34. The number of hydrogen-bond acceptors (Lipinski definition) is 8. The van der Waals surface area contributed by atoms with Crippen molar-refractivity contribution in [3.8, 4) is 11.8 Å². The average Bonchev–Trinajstić information content (AvgIpc) is 3.62. The Balaban J connectivity index is 1.44. The highest BCUT2D eigenvalue weighted by molar-refractivity contribution is 6.30. The molecule has 2 amide bonds. The van der Waals surface area contributed by atoms with Crippen molar-refractivity contribution in [2.24, 2.45) is 0 Å². The second-order valence-electron chi connectivity index (χ2n) is 8.44. The van der Waals surface area contributed by atoms with Gasteiger partial charge in [0.05, 0.1) is 31.1 Å². The molecule has 184 valence electrons. The molecule has 2 aromatic heterocycles. The van der Waals surface area contributed by atoms with Gasteiger partial charge in [-0.05, 0) is 37.1 Å². The first-order valence-electron chi connectivity index (χ1n) is 11.3. The molecule has 2 aliphatic rings. The van der Waals surface area contributed by atoms with Crippen molar-refractivity contribution in [1.29, 1.82) is 5.26 Å². The number of hydrazine groups is 1. The Hall–Kier alpha value is -4.14. The molecule has 12 heteroatoms. The molecule has 2 unspecified atom stereocenters. The molecule has 11 nitrogen and oxygen atoms in total. The smallest absolute Gasteiger partial charge is 0.261 e. The van der Waals surface area contributed by atoms with E-state index in [4.69, 9.17) is 16.3 Å². The van der Waals surface area contributed by atoms with Crippen molar-refractivity contribution < 1.29 is 14.3 Å². The molecule has 2 aliphatic heterocycles. The Bertz CT molecular complexity index is 1400. The Morgan fingerprint density at radius 1 is 1.39 bits per heavy atom. The summed E-state index contributed by atoms with van der Waals surface area (Å²) < 4.78 is 7.04. The van der Waals surface area contributed by atoms with Gasteiger partial charge < -0.3 is 20.0 Å². The molecular weight excluding hydrogens is 484 g/mol. The Kier molecular flexibility index (Phi) is 6.45. The molecule has 0 radical (unpaired) electrons. The zero-order valence-electron chi connectivity index (χ0n) is 19.4. The molecule has 1 fully saturated rings. The van der Waals surface area contributed by atoms with Gasteiger partial charge in [0.1, 0.15) is 23.9 Å². The molecule has 1 aromatic carbocycles. The van der Waals surface area contributed by atoms with Gasteiger partial charge in [-0.2, -0.15) is 10.4 Å². The molecule has 0 bridgehead atoms. The number of methoxy groups -OCH3 is 1. The fraction of sp³-hybridized carbons (Fsp3) is 0.292. The monoisotopic (exact) mass is 506 g/mol. The zero-order valence-corrected chi connectivity index (χ0v) is 20.1. The third-order valence-corrected chi connectivity index (χ3v) is 6.45. The molecule has 2 atom stereocenters. The first-order valence-corrected chi connectivity index (χ1v) is 11.7. The number of aromatic nitrogens is 3. The number of nitriles is 1. The Morgan fingerprint density at radius 2 is 2.25 bits per heavy atom. The minimum Gasteiger partial charge on any atom is -0.496 e. The topological polar surface area (TPSA) is 128 Å². The number of benzene rings is 1. The van der Waals surface area contributed by atoms with Gasteiger partial charge >= 0.3 is 0 Å². The maximum absolute atomic E-state index is 13.2. The predicted molar refractivity (Wildman–Crippen MR) is 129 cm³/mol. The first-order chi connectivity index (χ1) is 17.5. The largest absolute Gasteiger partial charge is 0.496 e. The lowest BCUT2D eigenvalue weighted by Crippen LogP contribution is -2.44. The minimum atomic E-state index is -0.560. The number of amides is 2. The van der Waals surface area contributed by atoms with Gasteiger partial charge in [-0.25, -0.2) is 14.9 Å². The second-order valence-corrected chi connectivity index (χ2v) is 8.87. The molecule has 1 saturated heterocycles. The maximum atomic E-state index is 13.2. The molecule has 0 spiro atoms. The van der Waals surface area contributed by atoms with Crippen molar-refractivity contribution in [2.75, 3.05) is 20.2 Å². The van der Waals surface area contributed by atoms with E-state index in [2.05, 4.69) is 26.9 Å².